The zero-order valence-electron chi connectivity index (χ0n) is 10.4. The lowest BCUT2D eigenvalue weighted by Crippen LogP contribution is -2.39. The van der Waals surface area contributed by atoms with E-state index in [0.717, 1.165) is 4.57 Å². The zero-order chi connectivity index (χ0) is 14.9. The third-order valence-electron chi connectivity index (χ3n) is 2.89. The molecule has 0 spiro atoms. The Morgan fingerprint density at radius 1 is 1.35 bits per heavy atom. The molecule has 0 saturated carbocycles. The van der Waals surface area contributed by atoms with Gasteiger partial charge in [0.05, 0.1) is 18.2 Å². The van der Waals surface area contributed by atoms with Gasteiger partial charge in [-0.2, -0.15) is 5.26 Å². The van der Waals surface area contributed by atoms with E-state index in [1.165, 1.54) is 11.6 Å². The number of halogens is 2. The number of hydrogen-bond donors (Lipinski definition) is 0. The molecule has 0 N–H and O–H groups in total. The minimum Gasteiger partial charge on any atom is -0.278 e. The minimum atomic E-state index is -0.532. The second-order valence-corrected chi connectivity index (χ2v) is 5.26. The number of hydrogen-bond acceptors (Lipinski definition) is 3. The highest BCUT2D eigenvalue weighted by Gasteiger charge is 2.15. The van der Waals surface area contributed by atoms with Gasteiger partial charge in [-0.3, -0.25) is 13.9 Å². The van der Waals surface area contributed by atoms with Crippen LogP contribution in [0.4, 0.5) is 0 Å². The van der Waals surface area contributed by atoms with Crippen molar-refractivity contribution in [1.82, 2.24) is 9.13 Å². The van der Waals surface area contributed by atoms with Gasteiger partial charge < -0.3 is 0 Å². The summed E-state index contributed by atoms with van der Waals surface area (Å²) in [6, 6.07) is 8.96. The van der Waals surface area contributed by atoms with Crippen LogP contribution in [0.15, 0.2) is 38.3 Å². The van der Waals surface area contributed by atoms with E-state index in [9.17, 15) is 9.59 Å². The number of nitriles is 1. The van der Waals surface area contributed by atoms with Crippen LogP contribution in [-0.4, -0.2) is 9.13 Å². The Morgan fingerprint density at radius 2 is 2.00 bits per heavy atom. The molecule has 0 amide bonds. The van der Waals surface area contributed by atoms with Gasteiger partial charge in [0.15, 0.2) is 0 Å². The molecule has 0 aliphatic carbocycles. The largest absolute Gasteiger partial charge is 0.332 e. The lowest BCUT2D eigenvalue weighted by atomic mass is 10.1. The molecule has 2 aromatic rings. The number of aromatic nitrogens is 2. The molecule has 20 heavy (non-hydrogen) atoms. The van der Waals surface area contributed by atoms with E-state index < -0.39 is 11.2 Å². The second-order valence-electron chi connectivity index (χ2n) is 4.11. The summed E-state index contributed by atoms with van der Waals surface area (Å²) in [4.78, 5) is 23.8. The Labute approximate surface area is 127 Å². The van der Waals surface area contributed by atoms with E-state index in [-0.39, 0.29) is 16.2 Å². The van der Waals surface area contributed by atoms with Crippen LogP contribution in [0, 0.1) is 11.3 Å². The fourth-order valence-corrected chi connectivity index (χ4v) is 2.47. The summed E-state index contributed by atoms with van der Waals surface area (Å²) in [5.41, 5.74) is 0.0887. The molecule has 0 atom stereocenters. The number of rotatable bonds is 2. The average molecular weight is 355 g/mol. The predicted octanol–water partition coefficient (Wildman–Crippen LogP) is 1.88. The fraction of sp³-hybridized carbons (Fsp3) is 0.154. The second kappa shape index (κ2) is 5.65. The quantitative estimate of drug-likeness (QED) is 0.773. The SMILES string of the molecule is Cn1c(=O)c(Br)c(Cl)n(Cc2ccccc2C#N)c1=O. The van der Waals surface area contributed by atoms with Crippen LogP contribution in [0.1, 0.15) is 11.1 Å². The molecule has 2 rings (SSSR count). The molecule has 0 saturated heterocycles. The van der Waals surface area contributed by atoms with Crippen LogP contribution >= 0.6 is 27.5 Å². The first-order valence-electron chi connectivity index (χ1n) is 5.60. The summed E-state index contributed by atoms with van der Waals surface area (Å²) in [5, 5.41) is 9.07. The first-order chi connectivity index (χ1) is 9.47. The zero-order valence-corrected chi connectivity index (χ0v) is 12.8. The van der Waals surface area contributed by atoms with E-state index in [0.29, 0.717) is 11.1 Å². The molecule has 102 valence electrons. The molecule has 5 nitrogen and oxygen atoms in total. The maximum atomic E-state index is 12.1. The van der Waals surface area contributed by atoms with Crippen molar-refractivity contribution in [2.45, 2.75) is 6.54 Å². The Morgan fingerprint density at radius 3 is 2.65 bits per heavy atom. The van der Waals surface area contributed by atoms with Crippen LogP contribution in [0.25, 0.3) is 0 Å². The van der Waals surface area contributed by atoms with Gasteiger partial charge >= 0.3 is 5.69 Å². The third-order valence-corrected chi connectivity index (χ3v) is 4.23. The van der Waals surface area contributed by atoms with Crippen molar-refractivity contribution in [3.63, 3.8) is 0 Å². The average Bonchev–Trinajstić information content (AvgIpc) is 2.48. The fourth-order valence-electron chi connectivity index (χ4n) is 1.78. The molecule has 1 aromatic carbocycles. The van der Waals surface area contributed by atoms with Gasteiger partial charge in [-0.25, -0.2) is 4.79 Å². The van der Waals surface area contributed by atoms with Gasteiger partial charge in [0.25, 0.3) is 5.56 Å². The number of nitrogens with zero attached hydrogens (tertiary/aromatic N) is 3. The predicted molar refractivity (Wildman–Crippen MR) is 78.9 cm³/mol. The minimum absolute atomic E-state index is 0.0193. The van der Waals surface area contributed by atoms with Gasteiger partial charge in [0, 0.05) is 7.05 Å². The van der Waals surface area contributed by atoms with Crippen LogP contribution < -0.4 is 11.2 Å². The molecule has 0 fully saturated rings. The van der Waals surface area contributed by atoms with Crippen LogP contribution in [-0.2, 0) is 13.6 Å². The van der Waals surface area contributed by atoms with Gasteiger partial charge in [-0.1, -0.05) is 29.8 Å². The van der Waals surface area contributed by atoms with Crippen molar-refractivity contribution in [3.05, 3.63) is 65.9 Å². The molecule has 0 radical (unpaired) electrons. The topological polar surface area (TPSA) is 67.8 Å². The molecule has 0 bridgehead atoms. The highest BCUT2D eigenvalue weighted by molar-refractivity contribution is 9.10. The summed E-state index contributed by atoms with van der Waals surface area (Å²) in [6.07, 6.45) is 0. The highest BCUT2D eigenvalue weighted by Crippen LogP contribution is 2.18. The summed E-state index contributed by atoms with van der Waals surface area (Å²) >= 11 is 9.11. The molecule has 1 aromatic heterocycles. The van der Waals surface area contributed by atoms with Crippen molar-refractivity contribution in [2.75, 3.05) is 0 Å². The van der Waals surface area contributed by atoms with Crippen LogP contribution in [0.3, 0.4) is 0 Å². The van der Waals surface area contributed by atoms with E-state index in [4.69, 9.17) is 16.9 Å². The molecular formula is C13H9BrClN3O2. The molecule has 0 aliphatic rings. The summed E-state index contributed by atoms with van der Waals surface area (Å²) in [7, 11) is 1.37. The summed E-state index contributed by atoms with van der Waals surface area (Å²) in [5.74, 6) is 0. The molecule has 0 aliphatic heterocycles. The lowest BCUT2D eigenvalue weighted by molar-refractivity contribution is 0.641. The van der Waals surface area contributed by atoms with Gasteiger partial charge in [0.2, 0.25) is 0 Å². The van der Waals surface area contributed by atoms with E-state index in [1.54, 1.807) is 24.3 Å². The summed E-state index contributed by atoms with van der Waals surface area (Å²) in [6.45, 7) is 0.119. The molecule has 1 heterocycles. The maximum Gasteiger partial charge on any atom is 0.332 e. The highest BCUT2D eigenvalue weighted by atomic mass is 79.9. The van der Waals surface area contributed by atoms with E-state index in [1.807, 2.05) is 0 Å². The normalized spacial score (nSPS) is 10.3. The van der Waals surface area contributed by atoms with Gasteiger partial charge in [-0.05, 0) is 27.6 Å². The first kappa shape index (κ1) is 14.6. The Hall–Kier alpha value is -1.84. The maximum absolute atomic E-state index is 12.1. The smallest absolute Gasteiger partial charge is 0.278 e. The molecular weight excluding hydrogens is 346 g/mol. The van der Waals surface area contributed by atoms with Gasteiger partial charge in [-0.15, -0.1) is 0 Å². The van der Waals surface area contributed by atoms with Crippen molar-refractivity contribution < 1.29 is 0 Å². The van der Waals surface area contributed by atoms with Crippen LogP contribution in [0.2, 0.25) is 5.15 Å². The lowest BCUT2D eigenvalue weighted by Gasteiger charge is -2.12. The third kappa shape index (κ3) is 2.42. The van der Waals surface area contributed by atoms with Crippen LogP contribution in [0.5, 0.6) is 0 Å². The molecule has 0 unspecified atom stereocenters. The van der Waals surface area contributed by atoms with Crippen molar-refractivity contribution >= 4 is 27.5 Å². The monoisotopic (exact) mass is 353 g/mol. The number of benzene rings is 1. The first-order valence-corrected chi connectivity index (χ1v) is 6.77. The Balaban J connectivity index is 2.64. The van der Waals surface area contributed by atoms with Crippen molar-refractivity contribution in [3.8, 4) is 6.07 Å². The van der Waals surface area contributed by atoms with Crippen molar-refractivity contribution in [2.24, 2.45) is 7.05 Å². The summed E-state index contributed by atoms with van der Waals surface area (Å²) < 4.78 is 2.32. The van der Waals surface area contributed by atoms with Crippen molar-refractivity contribution in [1.29, 1.82) is 5.26 Å². The molecule has 7 heteroatoms. The van der Waals surface area contributed by atoms with E-state index >= 15 is 0 Å². The van der Waals surface area contributed by atoms with E-state index in [2.05, 4.69) is 22.0 Å². The Bertz CT molecular complexity index is 833. The standard InChI is InChI=1S/C13H9BrClN3O2/c1-17-12(19)10(14)11(15)18(13(17)20)7-9-5-3-2-4-8(9)6-16/h2-5H,7H2,1H3. The van der Waals surface area contributed by atoms with Gasteiger partial charge in [0.1, 0.15) is 9.63 Å². The Kier molecular flexibility index (Phi) is 4.12.